The number of carbonyl (C=O) groups is 1. The summed E-state index contributed by atoms with van der Waals surface area (Å²) < 4.78 is 12.2. The number of nitrogens with zero attached hydrogens (tertiary/aromatic N) is 2. The van der Waals surface area contributed by atoms with E-state index in [1.165, 1.54) is 17.4 Å². The molecule has 0 bridgehead atoms. The Kier molecular flexibility index (Phi) is 7.98. The van der Waals surface area contributed by atoms with E-state index in [2.05, 4.69) is 38.4 Å². The van der Waals surface area contributed by atoms with Gasteiger partial charge in [-0.05, 0) is 51.7 Å². The van der Waals surface area contributed by atoms with E-state index < -0.39 is 0 Å². The number of benzene rings is 2. The molecule has 0 aliphatic carbocycles. The lowest BCUT2D eigenvalue weighted by Crippen LogP contribution is -2.07. The number of carbonyl (C=O) groups excluding carboxylic acids is 1. The maximum Gasteiger partial charge on any atom is 0.250 e. The number of ether oxygens (including phenoxy) is 2. The molecule has 3 aromatic rings. The fraction of sp³-hybridized carbons (Fsp3) is 0.227. The summed E-state index contributed by atoms with van der Waals surface area (Å²) in [4.78, 5) is 12.2. The lowest BCUT2D eigenvalue weighted by atomic mass is 10.2. The fourth-order valence-corrected chi connectivity index (χ4v) is 4.06. The maximum atomic E-state index is 12.2. The largest absolute Gasteiger partial charge is 0.493 e. The van der Waals surface area contributed by atoms with Gasteiger partial charge in [-0.15, -0.1) is 10.2 Å². The number of anilines is 1. The number of rotatable bonds is 9. The van der Waals surface area contributed by atoms with E-state index in [9.17, 15) is 4.79 Å². The van der Waals surface area contributed by atoms with E-state index in [0.29, 0.717) is 23.2 Å². The van der Waals surface area contributed by atoms with Crippen LogP contribution in [0.2, 0.25) is 0 Å². The van der Waals surface area contributed by atoms with Crippen LogP contribution < -0.4 is 14.8 Å². The number of amides is 1. The minimum Gasteiger partial charge on any atom is -0.493 e. The molecule has 1 amide bonds. The van der Waals surface area contributed by atoms with Crippen LogP contribution in [0.25, 0.3) is 6.08 Å². The first-order chi connectivity index (χ1) is 14.6. The van der Waals surface area contributed by atoms with Gasteiger partial charge in [0.05, 0.1) is 11.6 Å². The summed E-state index contributed by atoms with van der Waals surface area (Å²) in [7, 11) is 1.58. The van der Waals surface area contributed by atoms with Crippen LogP contribution in [0.3, 0.4) is 0 Å². The molecule has 0 aliphatic heterocycles. The fourth-order valence-electron chi connectivity index (χ4n) is 2.64. The van der Waals surface area contributed by atoms with Crippen molar-refractivity contribution in [2.45, 2.75) is 26.4 Å². The minimum absolute atomic E-state index is 0.270. The van der Waals surface area contributed by atoms with Crippen molar-refractivity contribution in [1.82, 2.24) is 10.2 Å². The van der Waals surface area contributed by atoms with Crippen molar-refractivity contribution >= 4 is 44.4 Å². The number of aryl methyl sites for hydroxylation is 1. The van der Waals surface area contributed by atoms with Crippen molar-refractivity contribution in [3.05, 3.63) is 69.1 Å². The average Bonchev–Trinajstić information content (AvgIpc) is 3.19. The quantitative estimate of drug-likeness (QED) is 0.403. The lowest BCUT2D eigenvalue weighted by Gasteiger charge is -2.13. The lowest BCUT2D eigenvalue weighted by molar-refractivity contribution is -0.111. The zero-order chi connectivity index (χ0) is 21.3. The van der Waals surface area contributed by atoms with Crippen LogP contribution in [0.4, 0.5) is 5.13 Å². The van der Waals surface area contributed by atoms with Crippen LogP contribution in [-0.2, 0) is 17.8 Å². The van der Waals surface area contributed by atoms with Crippen molar-refractivity contribution in [2.24, 2.45) is 0 Å². The summed E-state index contributed by atoms with van der Waals surface area (Å²) in [5.74, 6) is 0.919. The van der Waals surface area contributed by atoms with Gasteiger partial charge in [0.2, 0.25) is 11.0 Å². The van der Waals surface area contributed by atoms with Crippen LogP contribution in [0.1, 0.15) is 29.5 Å². The molecule has 0 radical (unpaired) electrons. The van der Waals surface area contributed by atoms with Crippen molar-refractivity contribution in [3.8, 4) is 11.5 Å². The zero-order valence-electron chi connectivity index (χ0n) is 16.7. The second kappa shape index (κ2) is 10.9. The third-order valence-corrected chi connectivity index (χ3v) is 5.55. The van der Waals surface area contributed by atoms with E-state index in [-0.39, 0.29) is 5.91 Å². The molecule has 0 aliphatic rings. The van der Waals surface area contributed by atoms with Crippen LogP contribution in [-0.4, -0.2) is 23.2 Å². The zero-order valence-corrected chi connectivity index (χ0v) is 19.1. The van der Waals surface area contributed by atoms with Gasteiger partial charge >= 0.3 is 0 Å². The molecule has 6 nitrogen and oxygen atoms in total. The van der Waals surface area contributed by atoms with Crippen molar-refractivity contribution in [1.29, 1.82) is 0 Å². The van der Waals surface area contributed by atoms with Crippen molar-refractivity contribution in [2.75, 3.05) is 12.4 Å². The molecular weight excluding hydrogens is 466 g/mol. The second-order valence-electron chi connectivity index (χ2n) is 6.38. The third-order valence-electron chi connectivity index (χ3n) is 4.07. The smallest absolute Gasteiger partial charge is 0.250 e. The molecule has 0 fully saturated rings. The topological polar surface area (TPSA) is 73.3 Å². The van der Waals surface area contributed by atoms with Crippen LogP contribution in [0.5, 0.6) is 11.5 Å². The Labute approximate surface area is 188 Å². The highest BCUT2D eigenvalue weighted by molar-refractivity contribution is 9.10. The van der Waals surface area contributed by atoms with Gasteiger partial charge in [-0.2, -0.15) is 0 Å². The predicted molar refractivity (Wildman–Crippen MR) is 123 cm³/mol. The van der Waals surface area contributed by atoms with Crippen LogP contribution >= 0.6 is 27.3 Å². The van der Waals surface area contributed by atoms with Gasteiger partial charge in [-0.25, -0.2) is 0 Å². The summed E-state index contributed by atoms with van der Waals surface area (Å²) in [5, 5.41) is 12.2. The Morgan fingerprint density at radius 3 is 2.77 bits per heavy atom. The van der Waals surface area contributed by atoms with E-state index in [0.717, 1.165) is 33.4 Å². The highest BCUT2D eigenvalue weighted by atomic mass is 79.9. The molecule has 0 saturated heterocycles. The Morgan fingerprint density at radius 1 is 1.23 bits per heavy atom. The number of hydrogen-bond acceptors (Lipinski definition) is 6. The van der Waals surface area contributed by atoms with E-state index in [4.69, 9.17) is 9.47 Å². The molecule has 3 rings (SSSR count). The summed E-state index contributed by atoms with van der Waals surface area (Å²) in [6.07, 6.45) is 5.00. The maximum absolute atomic E-state index is 12.2. The first-order valence-corrected chi connectivity index (χ1v) is 11.1. The number of methoxy groups -OCH3 is 1. The van der Waals surface area contributed by atoms with Gasteiger partial charge in [-0.1, -0.05) is 48.6 Å². The molecule has 0 unspecified atom stereocenters. The van der Waals surface area contributed by atoms with Crippen LogP contribution in [0.15, 0.2) is 53.0 Å². The summed E-state index contributed by atoms with van der Waals surface area (Å²) in [6.45, 7) is 2.50. The molecular formula is C22H22BrN3O3S. The van der Waals surface area contributed by atoms with E-state index in [1.54, 1.807) is 13.2 Å². The van der Waals surface area contributed by atoms with Gasteiger partial charge in [0.15, 0.2) is 11.5 Å². The Bertz CT molecular complexity index is 1020. The van der Waals surface area contributed by atoms with Gasteiger partial charge in [0.1, 0.15) is 11.6 Å². The van der Waals surface area contributed by atoms with Crippen molar-refractivity contribution < 1.29 is 14.3 Å². The normalized spacial score (nSPS) is 10.9. The molecule has 0 saturated carbocycles. The first-order valence-electron chi connectivity index (χ1n) is 9.44. The Hall–Kier alpha value is -2.71. The minimum atomic E-state index is -0.270. The Morgan fingerprint density at radius 2 is 2.03 bits per heavy atom. The number of halogens is 1. The van der Waals surface area contributed by atoms with Gasteiger partial charge in [0, 0.05) is 12.5 Å². The van der Waals surface area contributed by atoms with Gasteiger partial charge in [-0.3, -0.25) is 10.1 Å². The molecule has 0 atom stereocenters. The second-order valence-corrected chi connectivity index (χ2v) is 8.30. The third kappa shape index (κ3) is 6.14. The van der Waals surface area contributed by atoms with E-state index >= 15 is 0 Å². The standard InChI is InChI=1S/C22H22BrN3O3S/c1-3-7-20-25-26-22(30-20)24-19(27)11-10-16-12-17(23)21(18(13-16)28-2)29-14-15-8-5-4-6-9-15/h4-6,8-13H,3,7,14H2,1-2H3,(H,24,26,27)/b11-10+. The molecule has 2 aromatic carbocycles. The van der Waals surface area contributed by atoms with E-state index in [1.807, 2.05) is 42.5 Å². The highest BCUT2D eigenvalue weighted by Gasteiger charge is 2.12. The number of nitrogens with one attached hydrogen (secondary N) is 1. The molecule has 0 spiro atoms. The highest BCUT2D eigenvalue weighted by Crippen LogP contribution is 2.37. The Balaban J connectivity index is 1.66. The molecule has 1 heterocycles. The summed E-state index contributed by atoms with van der Waals surface area (Å²) in [6, 6.07) is 13.6. The molecule has 8 heteroatoms. The molecule has 1 aromatic heterocycles. The van der Waals surface area contributed by atoms with Gasteiger partial charge in [0.25, 0.3) is 0 Å². The molecule has 1 N–H and O–H groups in total. The molecule has 30 heavy (non-hydrogen) atoms. The van der Waals surface area contributed by atoms with Gasteiger partial charge < -0.3 is 9.47 Å². The summed E-state index contributed by atoms with van der Waals surface area (Å²) in [5.41, 5.74) is 1.86. The predicted octanol–water partition coefficient (Wildman–Crippen LogP) is 5.49. The molecule has 156 valence electrons. The monoisotopic (exact) mass is 487 g/mol. The number of aromatic nitrogens is 2. The summed E-state index contributed by atoms with van der Waals surface area (Å²) >= 11 is 4.92. The van der Waals surface area contributed by atoms with Crippen LogP contribution in [0, 0.1) is 0 Å². The first kappa shape index (κ1) is 22.0. The van der Waals surface area contributed by atoms with Crippen molar-refractivity contribution in [3.63, 3.8) is 0 Å². The SMILES string of the molecule is CCCc1nnc(NC(=O)/C=C/c2cc(Br)c(OCc3ccccc3)c(OC)c2)s1. The number of hydrogen-bond donors (Lipinski definition) is 1. The average molecular weight is 488 g/mol.